The van der Waals surface area contributed by atoms with Gasteiger partial charge in [0.25, 0.3) is 0 Å². The number of fused-ring (bicyclic) bond motifs is 4. The summed E-state index contributed by atoms with van der Waals surface area (Å²) >= 11 is 0. The zero-order chi connectivity index (χ0) is 35.7. The van der Waals surface area contributed by atoms with Crippen molar-refractivity contribution in [1.82, 2.24) is 0 Å². The summed E-state index contributed by atoms with van der Waals surface area (Å²) in [5, 5.41) is 34.6. The average molecular weight is 673 g/mol. The van der Waals surface area contributed by atoms with Crippen LogP contribution in [0, 0.1) is 19.8 Å². The molecule has 0 unspecified atom stereocenters. The number of aromatic hydroxyl groups is 3. The van der Waals surface area contributed by atoms with Crippen LogP contribution in [0.15, 0.2) is 72.8 Å². The molecule has 256 valence electrons. The molecular formula is C42H40O8. The van der Waals surface area contributed by atoms with Crippen molar-refractivity contribution in [2.45, 2.75) is 71.2 Å². The topological polar surface area (TPSA) is 123 Å². The monoisotopic (exact) mass is 672 g/mol. The van der Waals surface area contributed by atoms with Crippen LogP contribution in [0.3, 0.4) is 0 Å². The summed E-state index contributed by atoms with van der Waals surface area (Å²) in [6, 6.07) is 18.7. The summed E-state index contributed by atoms with van der Waals surface area (Å²) in [6.07, 6.45) is 5.84. The number of phenolic OH excluding ortho intramolecular Hbond substituents is 3. The Labute approximate surface area is 291 Å². The standard InChI is InChI=1S/C42H40O8/c1-22-34(45)30(27(43)19-17-24-13-9-7-10-14-24)39-32(35(22)46)40-33(42(5,6)50-39)26-21-41(3,4)49-38-29(26)37(48-40)23(2)36(47)31(38)28(44)20-18-25-15-11-8-12-16-25/h7-20,26,33,40,45-47H,21H2,1-6H3/t26-,33+,40+/m1/s1. The van der Waals surface area contributed by atoms with Crippen LogP contribution in [0.25, 0.3) is 12.2 Å². The van der Waals surface area contributed by atoms with Crippen molar-refractivity contribution in [1.29, 1.82) is 0 Å². The lowest BCUT2D eigenvalue weighted by Crippen LogP contribution is -2.53. The van der Waals surface area contributed by atoms with Crippen LogP contribution in [0.4, 0.5) is 0 Å². The van der Waals surface area contributed by atoms with Crippen LogP contribution in [0.2, 0.25) is 0 Å². The number of carbonyl (C=O) groups excluding carboxylic acids is 2. The highest BCUT2D eigenvalue weighted by atomic mass is 16.5. The van der Waals surface area contributed by atoms with Gasteiger partial charge in [0, 0.05) is 28.5 Å². The maximum Gasteiger partial charge on any atom is 0.193 e. The van der Waals surface area contributed by atoms with Gasteiger partial charge in [0.1, 0.15) is 62.9 Å². The van der Waals surface area contributed by atoms with Crippen molar-refractivity contribution < 1.29 is 39.1 Å². The Kier molecular flexibility index (Phi) is 7.81. The van der Waals surface area contributed by atoms with Crippen molar-refractivity contribution in [2.75, 3.05) is 0 Å². The molecule has 4 aromatic carbocycles. The van der Waals surface area contributed by atoms with Crippen molar-refractivity contribution in [2.24, 2.45) is 5.92 Å². The third kappa shape index (κ3) is 5.30. The zero-order valence-corrected chi connectivity index (χ0v) is 28.9. The van der Waals surface area contributed by atoms with Crippen LogP contribution in [0.1, 0.15) is 100 Å². The van der Waals surface area contributed by atoms with Gasteiger partial charge in [-0.15, -0.1) is 0 Å². The highest BCUT2D eigenvalue weighted by Gasteiger charge is 2.58. The number of carbonyl (C=O) groups is 2. The van der Waals surface area contributed by atoms with E-state index in [1.807, 2.05) is 88.4 Å². The minimum atomic E-state index is -1.000. The molecule has 0 amide bonds. The Bertz CT molecular complexity index is 2110. The first kappa shape index (κ1) is 33.0. The van der Waals surface area contributed by atoms with Crippen molar-refractivity contribution in [3.63, 3.8) is 0 Å². The van der Waals surface area contributed by atoms with E-state index in [1.165, 1.54) is 12.2 Å². The fourth-order valence-electron chi connectivity index (χ4n) is 7.84. The highest BCUT2D eigenvalue weighted by Crippen LogP contribution is 2.66. The van der Waals surface area contributed by atoms with E-state index in [4.69, 9.17) is 14.2 Å². The molecule has 0 fully saturated rings. The Balaban J connectivity index is 1.40. The minimum Gasteiger partial charge on any atom is -0.507 e. The van der Waals surface area contributed by atoms with E-state index in [0.717, 1.165) is 11.1 Å². The summed E-state index contributed by atoms with van der Waals surface area (Å²) in [5.74, 6) is -1.84. The lowest BCUT2D eigenvalue weighted by molar-refractivity contribution is -0.0860. The van der Waals surface area contributed by atoms with Gasteiger partial charge in [0.2, 0.25) is 0 Å². The fourth-order valence-corrected chi connectivity index (χ4v) is 7.84. The number of ether oxygens (including phenoxy) is 3. The van der Waals surface area contributed by atoms with Gasteiger partial charge in [-0.3, -0.25) is 9.59 Å². The molecular weight excluding hydrogens is 632 g/mol. The smallest absolute Gasteiger partial charge is 0.193 e. The Morgan fingerprint density at radius 2 is 1.18 bits per heavy atom. The van der Waals surface area contributed by atoms with E-state index in [-0.39, 0.29) is 56.9 Å². The molecule has 3 atom stereocenters. The first-order valence-corrected chi connectivity index (χ1v) is 16.8. The molecule has 0 spiro atoms. The average Bonchev–Trinajstić information content (AvgIpc) is 3.07. The second kappa shape index (κ2) is 11.8. The molecule has 0 saturated heterocycles. The van der Waals surface area contributed by atoms with Crippen LogP contribution >= 0.6 is 0 Å². The molecule has 8 nitrogen and oxygen atoms in total. The molecule has 3 aliphatic rings. The second-order valence-electron chi connectivity index (χ2n) is 14.5. The molecule has 7 rings (SSSR count). The number of allylic oxidation sites excluding steroid dienone is 2. The van der Waals surface area contributed by atoms with Crippen LogP contribution < -0.4 is 14.2 Å². The van der Waals surface area contributed by atoms with Gasteiger partial charge >= 0.3 is 0 Å². The van der Waals surface area contributed by atoms with Gasteiger partial charge in [-0.05, 0) is 71.2 Å². The number of hydrogen-bond donors (Lipinski definition) is 3. The Morgan fingerprint density at radius 3 is 1.72 bits per heavy atom. The summed E-state index contributed by atoms with van der Waals surface area (Å²) in [6.45, 7) is 10.9. The molecule has 8 heteroatoms. The first-order valence-electron chi connectivity index (χ1n) is 16.8. The van der Waals surface area contributed by atoms with Gasteiger partial charge in [-0.25, -0.2) is 0 Å². The molecule has 0 aromatic heterocycles. The molecule has 50 heavy (non-hydrogen) atoms. The third-order valence-electron chi connectivity index (χ3n) is 10.2. The normalized spacial score (nSPS) is 21.0. The minimum absolute atomic E-state index is 0.0503. The van der Waals surface area contributed by atoms with E-state index in [1.54, 1.807) is 26.0 Å². The SMILES string of the molecule is Cc1c(O)c(C(=O)C=Cc2ccccc2)c2c(c1O)[C@@H]1Oc3c(C)c(O)c(C(=O)C=Cc4ccccc4)c4c3[C@@H](CC(C)(C)O4)[C@@H]1C(C)(C)O2. The number of rotatable bonds is 6. The highest BCUT2D eigenvalue weighted by molar-refractivity contribution is 6.12. The van der Waals surface area contributed by atoms with Gasteiger partial charge < -0.3 is 29.5 Å². The van der Waals surface area contributed by atoms with Crippen molar-refractivity contribution >= 4 is 23.7 Å². The van der Waals surface area contributed by atoms with Crippen LogP contribution in [0.5, 0.6) is 34.5 Å². The molecule has 0 aliphatic carbocycles. The number of hydrogen-bond acceptors (Lipinski definition) is 8. The largest absolute Gasteiger partial charge is 0.507 e. The van der Waals surface area contributed by atoms with E-state index in [2.05, 4.69) is 0 Å². The van der Waals surface area contributed by atoms with Gasteiger partial charge in [-0.2, -0.15) is 0 Å². The van der Waals surface area contributed by atoms with E-state index >= 15 is 0 Å². The number of phenols is 3. The molecule has 3 N–H and O–H groups in total. The van der Waals surface area contributed by atoms with Crippen LogP contribution in [-0.4, -0.2) is 38.1 Å². The van der Waals surface area contributed by atoms with E-state index < -0.39 is 34.8 Å². The Hall–Kier alpha value is -5.50. The zero-order valence-electron chi connectivity index (χ0n) is 28.9. The molecule has 4 aromatic rings. The van der Waals surface area contributed by atoms with E-state index in [9.17, 15) is 24.9 Å². The lowest BCUT2D eigenvalue weighted by atomic mass is 9.63. The summed E-state index contributed by atoms with van der Waals surface area (Å²) in [5.41, 5.74) is 1.26. The number of ketones is 2. The van der Waals surface area contributed by atoms with Gasteiger partial charge in [0.15, 0.2) is 11.6 Å². The lowest BCUT2D eigenvalue weighted by Gasteiger charge is -2.54. The summed E-state index contributed by atoms with van der Waals surface area (Å²) in [7, 11) is 0. The van der Waals surface area contributed by atoms with Crippen molar-refractivity contribution in [3.8, 4) is 34.5 Å². The molecule has 3 aliphatic heterocycles. The van der Waals surface area contributed by atoms with Crippen LogP contribution in [-0.2, 0) is 0 Å². The first-order chi connectivity index (χ1) is 23.7. The van der Waals surface area contributed by atoms with E-state index in [0.29, 0.717) is 23.3 Å². The quantitative estimate of drug-likeness (QED) is 0.137. The summed E-state index contributed by atoms with van der Waals surface area (Å²) < 4.78 is 20.0. The molecule has 3 heterocycles. The van der Waals surface area contributed by atoms with Gasteiger partial charge in [-0.1, -0.05) is 72.8 Å². The van der Waals surface area contributed by atoms with Gasteiger partial charge in [0.05, 0.1) is 5.56 Å². The number of benzene rings is 4. The predicted octanol–water partition coefficient (Wildman–Crippen LogP) is 8.78. The molecule has 0 saturated carbocycles. The second-order valence-corrected chi connectivity index (χ2v) is 14.5. The summed E-state index contributed by atoms with van der Waals surface area (Å²) in [4.78, 5) is 27.7. The third-order valence-corrected chi connectivity index (χ3v) is 10.2. The maximum absolute atomic E-state index is 13.8. The molecule has 0 bridgehead atoms. The molecule has 0 radical (unpaired) electrons. The van der Waals surface area contributed by atoms with Crippen molar-refractivity contribution in [3.05, 3.63) is 117 Å². The fraction of sp³-hybridized carbons (Fsp3) is 0.286. The predicted molar refractivity (Wildman–Crippen MR) is 191 cm³/mol. The Morgan fingerprint density at radius 1 is 0.680 bits per heavy atom. The maximum atomic E-state index is 13.8.